The first kappa shape index (κ1) is 20.2. The van der Waals surface area contributed by atoms with Crippen molar-refractivity contribution in [2.75, 3.05) is 23.3 Å². The number of nitrogens with zero attached hydrogens (tertiary/aromatic N) is 2. The number of thiocarbonyl (C=S) groups is 1. The Hall–Kier alpha value is -2.11. The Kier molecular flexibility index (Phi) is 7.88. The molecule has 0 saturated heterocycles. The number of nitrogens with one attached hydrogen (secondary N) is 2. The second kappa shape index (κ2) is 10.1. The standard InChI is InChI=1S/C20H25ClN4S/c1-4-12-25(5-2)17-9-7-16(8-10-17)14-22-24-20(26)23-19-11-6-15(3)13-18(19)21/h6-11,13-14H,4-5,12H2,1-3H3,(H2,23,24,26)/b22-14+. The summed E-state index contributed by atoms with van der Waals surface area (Å²) in [6.07, 6.45) is 2.88. The fourth-order valence-electron chi connectivity index (χ4n) is 2.55. The van der Waals surface area contributed by atoms with Crippen LogP contribution in [0.25, 0.3) is 0 Å². The molecule has 0 amide bonds. The summed E-state index contributed by atoms with van der Waals surface area (Å²) in [6.45, 7) is 8.42. The average Bonchev–Trinajstić information content (AvgIpc) is 2.63. The second-order valence-electron chi connectivity index (χ2n) is 5.98. The summed E-state index contributed by atoms with van der Waals surface area (Å²) in [7, 11) is 0. The first-order valence-electron chi connectivity index (χ1n) is 8.74. The maximum atomic E-state index is 6.19. The van der Waals surface area contributed by atoms with Crippen molar-refractivity contribution < 1.29 is 0 Å². The van der Waals surface area contributed by atoms with Gasteiger partial charge in [-0.15, -0.1) is 0 Å². The van der Waals surface area contributed by atoms with E-state index in [2.05, 4.69) is 46.7 Å². The smallest absolute Gasteiger partial charge is 0.191 e. The van der Waals surface area contributed by atoms with E-state index in [9.17, 15) is 0 Å². The summed E-state index contributed by atoms with van der Waals surface area (Å²) in [5, 5.41) is 8.24. The number of aryl methyl sites for hydroxylation is 1. The number of rotatable bonds is 7. The first-order valence-corrected chi connectivity index (χ1v) is 9.53. The van der Waals surface area contributed by atoms with Crippen molar-refractivity contribution in [3.05, 3.63) is 58.6 Å². The van der Waals surface area contributed by atoms with Crippen LogP contribution in [-0.4, -0.2) is 24.4 Å². The number of hydrogen-bond acceptors (Lipinski definition) is 3. The summed E-state index contributed by atoms with van der Waals surface area (Å²) >= 11 is 11.4. The SMILES string of the molecule is CCCN(CC)c1ccc(/C=N/NC(=S)Nc2ccc(C)cc2Cl)cc1. The fourth-order valence-corrected chi connectivity index (χ4v) is 2.99. The minimum Gasteiger partial charge on any atom is -0.372 e. The Balaban J connectivity index is 1.90. The number of benzene rings is 2. The van der Waals surface area contributed by atoms with E-state index in [0.29, 0.717) is 10.1 Å². The van der Waals surface area contributed by atoms with E-state index in [4.69, 9.17) is 23.8 Å². The molecule has 0 atom stereocenters. The lowest BCUT2D eigenvalue weighted by Crippen LogP contribution is -2.24. The molecule has 0 aliphatic heterocycles. The highest BCUT2D eigenvalue weighted by atomic mass is 35.5. The van der Waals surface area contributed by atoms with E-state index in [1.165, 1.54) is 5.69 Å². The zero-order valence-corrected chi connectivity index (χ0v) is 17.0. The molecule has 0 aliphatic rings. The molecule has 2 N–H and O–H groups in total. The Bertz CT molecular complexity index is 759. The van der Waals surface area contributed by atoms with Crippen molar-refractivity contribution in [2.45, 2.75) is 27.2 Å². The van der Waals surface area contributed by atoms with Gasteiger partial charge in [0.05, 0.1) is 16.9 Å². The topological polar surface area (TPSA) is 39.7 Å². The van der Waals surface area contributed by atoms with Gasteiger partial charge in [0.2, 0.25) is 0 Å². The molecule has 2 rings (SSSR count). The molecule has 0 fully saturated rings. The van der Waals surface area contributed by atoms with Gasteiger partial charge < -0.3 is 10.2 Å². The predicted octanol–water partition coefficient (Wildman–Crippen LogP) is 5.21. The van der Waals surface area contributed by atoms with Crippen LogP contribution in [0.15, 0.2) is 47.6 Å². The lowest BCUT2D eigenvalue weighted by atomic mass is 10.2. The van der Waals surface area contributed by atoms with E-state index < -0.39 is 0 Å². The third-order valence-electron chi connectivity index (χ3n) is 3.89. The van der Waals surface area contributed by atoms with Gasteiger partial charge in [0.15, 0.2) is 5.11 Å². The van der Waals surface area contributed by atoms with Crippen LogP contribution in [0.3, 0.4) is 0 Å². The van der Waals surface area contributed by atoms with Crippen molar-refractivity contribution in [1.82, 2.24) is 5.43 Å². The zero-order chi connectivity index (χ0) is 18.9. The number of halogens is 1. The van der Waals surface area contributed by atoms with Gasteiger partial charge in [0.25, 0.3) is 0 Å². The highest BCUT2D eigenvalue weighted by molar-refractivity contribution is 7.80. The molecule has 4 nitrogen and oxygen atoms in total. The lowest BCUT2D eigenvalue weighted by Gasteiger charge is -2.22. The number of hydrazone groups is 1. The van der Waals surface area contributed by atoms with Gasteiger partial charge in [0, 0.05) is 18.8 Å². The molecule has 6 heteroatoms. The van der Waals surface area contributed by atoms with E-state index in [-0.39, 0.29) is 0 Å². The molecule has 0 spiro atoms. The Morgan fingerprint density at radius 3 is 2.54 bits per heavy atom. The van der Waals surface area contributed by atoms with E-state index in [0.717, 1.165) is 36.3 Å². The highest BCUT2D eigenvalue weighted by Gasteiger charge is 2.03. The van der Waals surface area contributed by atoms with Crippen LogP contribution in [-0.2, 0) is 0 Å². The molecule has 0 unspecified atom stereocenters. The monoisotopic (exact) mass is 388 g/mol. The van der Waals surface area contributed by atoms with E-state index in [1.807, 2.05) is 37.3 Å². The molecular weight excluding hydrogens is 364 g/mol. The van der Waals surface area contributed by atoms with Gasteiger partial charge in [-0.05, 0) is 67.9 Å². The maximum absolute atomic E-state index is 6.19. The zero-order valence-electron chi connectivity index (χ0n) is 15.4. The van der Waals surface area contributed by atoms with Crippen molar-refractivity contribution in [3.63, 3.8) is 0 Å². The van der Waals surface area contributed by atoms with Gasteiger partial charge in [-0.1, -0.05) is 36.7 Å². The normalized spacial score (nSPS) is 10.8. The number of hydrogen-bond donors (Lipinski definition) is 2. The third-order valence-corrected chi connectivity index (χ3v) is 4.39. The van der Waals surface area contributed by atoms with Crippen LogP contribution in [0, 0.1) is 6.92 Å². The van der Waals surface area contributed by atoms with Crippen LogP contribution in [0.4, 0.5) is 11.4 Å². The van der Waals surface area contributed by atoms with Gasteiger partial charge in [-0.25, -0.2) is 0 Å². The first-order chi connectivity index (χ1) is 12.5. The molecule has 0 aromatic heterocycles. The van der Waals surface area contributed by atoms with Crippen LogP contribution < -0.4 is 15.6 Å². The summed E-state index contributed by atoms with van der Waals surface area (Å²) in [6, 6.07) is 14.1. The van der Waals surface area contributed by atoms with Crippen LogP contribution in [0.2, 0.25) is 5.02 Å². The third kappa shape index (κ3) is 6.00. The lowest BCUT2D eigenvalue weighted by molar-refractivity contribution is 0.792. The van der Waals surface area contributed by atoms with E-state index in [1.54, 1.807) is 6.21 Å². The Morgan fingerprint density at radius 2 is 1.92 bits per heavy atom. The molecule has 0 bridgehead atoms. The minimum atomic E-state index is 0.392. The molecule has 0 radical (unpaired) electrons. The van der Waals surface area contributed by atoms with Crippen molar-refractivity contribution in [3.8, 4) is 0 Å². The Labute approximate surface area is 166 Å². The number of anilines is 2. The molecule has 2 aromatic rings. The molecule has 2 aromatic carbocycles. The fraction of sp³-hybridized carbons (Fsp3) is 0.300. The molecule has 0 saturated carbocycles. The average molecular weight is 389 g/mol. The van der Waals surface area contributed by atoms with Gasteiger partial charge >= 0.3 is 0 Å². The molecule has 26 heavy (non-hydrogen) atoms. The largest absolute Gasteiger partial charge is 0.372 e. The van der Waals surface area contributed by atoms with Crippen molar-refractivity contribution >= 4 is 46.5 Å². The summed E-state index contributed by atoms with van der Waals surface area (Å²) in [5.74, 6) is 0. The summed E-state index contributed by atoms with van der Waals surface area (Å²) in [5.41, 5.74) is 6.90. The van der Waals surface area contributed by atoms with Crippen LogP contribution >= 0.6 is 23.8 Å². The molecule has 0 aliphatic carbocycles. The summed E-state index contributed by atoms with van der Waals surface area (Å²) < 4.78 is 0. The quantitative estimate of drug-likeness (QED) is 0.388. The van der Waals surface area contributed by atoms with Crippen molar-refractivity contribution in [1.29, 1.82) is 0 Å². The molecular formula is C20H25ClN4S. The predicted molar refractivity (Wildman–Crippen MR) is 118 cm³/mol. The molecule has 138 valence electrons. The van der Waals surface area contributed by atoms with Crippen LogP contribution in [0.5, 0.6) is 0 Å². The van der Waals surface area contributed by atoms with E-state index >= 15 is 0 Å². The van der Waals surface area contributed by atoms with Gasteiger partial charge in [0.1, 0.15) is 0 Å². The Morgan fingerprint density at radius 1 is 1.19 bits per heavy atom. The van der Waals surface area contributed by atoms with Crippen LogP contribution in [0.1, 0.15) is 31.4 Å². The second-order valence-corrected chi connectivity index (χ2v) is 6.79. The maximum Gasteiger partial charge on any atom is 0.191 e. The molecule has 0 heterocycles. The highest BCUT2D eigenvalue weighted by Crippen LogP contribution is 2.22. The summed E-state index contributed by atoms with van der Waals surface area (Å²) in [4.78, 5) is 2.35. The van der Waals surface area contributed by atoms with Crippen molar-refractivity contribution in [2.24, 2.45) is 5.10 Å². The van der Waals surface area contributed by atoms with Gasteiger partial charge in [-0.3, -0.25) is 5.43 Å². The van der Waals surface area contributed by atoms with Gasteiger partial charge in [-0.2, -0.15) is 5.10 Å². The minimum absolute atomic E-state index is 0.392.